The van der Waals surface area contributed by atoms with Crippen LogP contribution in [0.5, 0.6) is 0 Å². The molecule has 110 valence electrons. The molecule has 2 aromatic rings. The molecule has 5 heteroatoms. The van der Waals surface area contributed by atoms with Crippen LogP contribution < -0.4 is 4.90 Å². The molecule has 1 aromatic heterocycles. The highest BCUT2D eigenvalue weighted by Gasteiger charge is 2.36. The number of aromatic nitrogens is 2. The van der Waals surface area contributed by atoms with Gasteiger partial charge in [0.05, 0.1) is 5.52 Å². The zero-order valence-electron chi connectivity index (χ0n) is 11.7. The third kappa shape index (κ3) is 2.06. The highest BCUT2D eigenvalue weighted by molar-refractivity contribution is 5.89. The van der Waals surface area contributed by atoms with Crippen molar-refractivity contribution in [3.63, 3.8) is 0 Å². The van der Waals surface area contributed by atoms with Gasteiger partial charge in [0.2, 0.25) is 0 Å². The third-order valence-corrected chi connectivity index (χ3v) is 4.92. The fourth-order valence-corrected chi connectivity index (χ4v) is 3.98. The van der Waals surface area contributed by atoms with Gasteiger partial charge in [0.1, 0.15) is 12.1 Å². The van der Waals surface area contributed by atoms with E-state index in [-0.39, 0.29) is 0 Å². The van der Waals surface area contributed by atoms with Crippen LogP contribution in [-0.2, 0) is 0 Å². The van der Waals surface area contributed by atoms with Gasteiger partial charge < -0.3 is 4.90 Å². The summed E-state index contributed by atoms with van der Waals surface area (Å²) in [5, 5.41) is 0.615. The Balaban J connectivity index is 1.84. The quantitative estimate of drug-likeness (QED) is 0.802. The van der Waals surface area contributed by atoms with Crippen LogP contribution in [0.3, 0.4) is 0 Å². The largest absolute Gasteiger partial charge is 0.353 e. The number of rotatable bonds is 1. The van der Waals surface area contributed by atoms with Crippen molar-refractivity contribution in [2.24, 2.45) is 5.92 Å². The minimum atomic E-state index is -0.857. The van der Waals surface area contributed by atoms with Crippen molar-refractivity contribution in [1.29, 1.82) is 0 Å². The fraction of sp³-hybridized carbons (Fsp3) is 0.500. The Kier molecular flexibility index (Phi) is 3.01. The van der Waals surface area contributed by atoms with Gasteiger partial charge >= 0.3 is 0 Å². The number of fused-ring (bicyclic) bond motifs is 2. The zero-order chi connectivity index (χ0) is 14.4. The molecule has 2 atom stereocenters. The third-order valence-electron chi connectivity index (χ3n) is 4.92. The van der Waals surface area contributed by atoms with Gasteiger partial charge in [0, 0.05) is 24.0 Å². The Hall–Kier alpha value is -1.78. The highest BCUT2D eigenvalue weighted by atomic mass is 19.2. The molecule has 1 aromatic carbocycles. The van der Waals surface area contributed by atoms with Crippen molar-refractivity contribution in [3.05, 3.63) is 30.1 Å². The lowest BCUT2D eigenvalue weighted by Crippen LogP contribution is -2.43. The molecule has 21 heavy (non-hydrogen) atoms. The molecule has 2 aliphatic rings. The van der Waals surface area contributed by atoms with Crippen molar-refractivity contribution >= 4 is 16.7 Å². The molecule has 0 spiro atoms. The number of anilines is 1. The average Bonchev–Trinajstić information content (AvgIpc) is 2.96. The summed E-state index contributed by atoms with van der Waals surface area (Å²) in [5.41, 5.74) is 0.471. The lowest BCUT2D eigenvalue weighted by Gasteiger charge is -2.39. The minimum absolute atomic E-state index is 0.471. The number of hydrogen-bond acceptors (Lipinski definition) is 3. The van der Waals surface area contributed by atoms with Crippen molar-refractivity contribution in [2.75, 3.05) is 11.4 Å². The Morgan fingerprint density at radius 2 is 1.81 bits per heavy atom. The van der Waals surface area contributed by atoms with E-state index in [0.29, 0.717) is 22.9 Å². The average molecular weight is 289 g/mol. The number of hydrogen-bond donors (Lipinski definition) is 0. The topological polar surface area (TPSA) is 29.0 Å². The summed E-state index contributed by atoms with van der Waals surface area (Å²) in [4.78, 5) is 10.8. The maximum atomic E-state index is 13.6. The predicted molar refractivity (Wildman–Crippen MR) is 77.2 cm³/mol. The smallest absolute Gasteiger partial charge is 0.161 e. The van der Waals surface area contributed by atoms with Gasteiger partial charge in [-0.2, -0.15) is 0 Å². The first-order valence-electron chi connectivity index (χ1n) is 7.60. The first kappa shape index (κ1) is 12.9. The van der Waals surface area contributed by atoms with Crippen LogP contribution in [0.2, 0.25) is 0 Å². The summed E-state index contributed by atoms with van der Waals surface area (Å²) in [6, 6.07) is 2.88. The van der Waals surface area contributed by atoms with Crippen LogP contribution in [0.1, 0.15) is 32.1 Å². The second kappa shape index (κ2) is 4.90. The zero-order valence-corrected chi connectivity index (χ0v) is 11.7. The SMILES string of the molecule is Fc1cc2ncnc(N3CCC[C@@H]4CCC[C@@H]43)c2cc1F. The summed E-state index contributed by atoms with van der Waals surface area (Å²) in [5.74, 6) is -0.215. The molecular formula is C16H17F2N3. The first-order chi connectivity index (χ1) is 10.2. The summed E-state index contributed by atoms with van der Waals surface area (Å²) in [6.07, 6.45) is 7.54. The van der Waals surface area contributed by atoms with Crippen LogP contribution in [-0.4, -0.2) is 22.6 Å². The summed E-state index contributed by atoms with van der Waals surface area (Å²) < 4.78 is 27.0. The molecule has 2 heterocycles. The van der Waals surface area contributed by atoms with E-state index in [9.17, 15) is 8.78 Å². The number of nitrogens with zero attached hydrogens (tertiary/aromatic N) is 3. The number of benzene rings is 1. The summed E-state index contributed by atoms with van der Waals surface area (Å²) in [7, 11) is 0. The minimum Gasteiger partial charge on any atom is -0.353 e. The fourth-order valence-electron chi connectivity index (χ4n) is 3.98. The van der Waals surface area contributed by atoms with E-state index in [1.807, 2.05) is 0 Å². The second-order valence-electron chi connectivity index (χ2n) is 6.07. The van der Waals surface area contributed by atoms with Crippen molar-refractivity contribution in [3.8, 4) is 0 Å². The van der Waals surface area contributed by atoms with E-state index in [2.05, 4.69) is 14.9 Å². The van der Waals surface area contributed by atoms with Crippen LogP contribution in [0.25, 0.3) is 10.9 Å². The van der Waals surface area contributed by atoms with Gasteiger partial charge in [-0.15, -0.1) is 0 Å². The van der Waals surface area contributed by atoms with Gasteiger partial charge in [-0.25, -0.2) is 18.7 Å². The van der Waals surface area contributed by atoms with E-state index >= 15 is 0 Å². The Labute approximate surface area is 122 Å². The lowest BCUT2D eigenvalue weighted by atomic mass is 9.92. The molecule has 1 saturated carbocycles. The molecular weight excluding hydrogens is 272 g/mol. The molecule has 1 saturated heterocycles. The summed E-state index contributed by atoms with van der Waals surface area (Å²) >= 11 is 0. The number of halogens is 2. The van der Waals surface area contributed by atoms with Gasteiger partial charge in [0.25, 0.3) is 0 Å². The standard InChI is InChI=1S/C16H17F2N3/c17-12-7-11-14(8-13(12)18)19-9-20-16(11)21-6-2-4-10-3-1-5-15(10)21/h7-10,15H,1-6H2/t10-,15-/m0/s1. The Morgan fingerprint density at radius 1 is 1.00 bits per heavy atom. The molecule has 0 amide bonds. The Bertz CT molecular complexity index is 689. The Morgan fingerprint density at radius 3 is 2.71 bits per heavy atom. The molecule has 4 rings (SSSR count). The van der Waals surface area contributed by atoms with E-state index in [1.54, 1.807) is 0 Å². The van der Waals surface area contributed by atoms with Gasteiger partial charge in [-0.3, -0.25) is 0 Å². The van der Waals surface area contributed by atoms with Gasteiger partial charge in [-0.1, -0.05) is 6.42 Å². The van der Waals surface area contributed by atoms with Crippen molar-refractivity contribution in [1.82, 2.24) is 9.97 Å². The van der Waals surface area contributed by atoms with Gasteiger partial charge in [0.15, 0.2) is 11.6 Å². The summed E-state index contributed by atoms with van der Waals surface area (Å²) in [6.45, 7) is 0.937. The van der Waals surface area contributed by atoms with E-state index in [1.165, 1.54) is 38.1 Å². The van der Waals surface area contributed by atoms with Crippen molar-refractivity contribution < 1.29 is 8.78 Å². The second-order valence-corrected chi connectivity index (χ2v) is 6.07. The van der Waals surface area contributed by atoms with Crippen LogP contribution in [0.15, 0.2) is 18.5 Å². The highest BCUT2D eigenvalue weighted by Crippen LogP contribution is 2.40. The molecule has 1 aliphatic carbocycles. The van der Waals surface area contributed by atoms with E-state index in [4.69, 9.17) is 0 Å². The number of piperidine rings is 1. The monoisotopic (exact) mass is 289 g/mol. The van der Waals surface area contributed by atoms with Crippen molar-refractivity contribution in [2.45, 2.75) is 38.1 Å². The van der Waals surface area contributed by atoms with Crippen LogP contribution >= 0.6 is 0 Å². The van der Waals surface area contributed by atoms with Crippen LogP contribution in [0, 0.1) is 17.6 Å². The normalized spacial score (nSPS) is 25.3. The molecule has 2 fully saturated rings. The molecule has 0 bridgehead atoms. The van der Waals surface area contributed by atoms with E-state index in [0.717, 1.165) is 24.8 Å². The molecule has 0 N–H and O–H groups in total. The maximum Gasteiger partial charge on any atom is 0.161 e. The first-order valence-corrected chi connectivity index (χ1v) is 7.60. The van der Waals surface area contributed by atoms with E-state index < -0.39 is 11.6 Å². The predicted octanol–water partition coefficient (Wildman–Crippen LogP) is 3.68. The lowest BCUT2D eigenvalue weighted by molar-refractivity contribution is 0.361. The maximum absolute atomic E-state index is 13.6. The molecule has 0 radical (unpaired) electrons. The molecule has 3 nitrogen and oxygen atoms in total. The molecule has 0 unspecified atom stereocenters. The van der Waals surface area contributed by atoms with Crippen LogP contribution in [0.4, 0.5) is 14.6 Å². The van der Waals surface area contributed by atoms with Gasteiger partial charge in [-0.05, 0) is 37.7 Å². The molecule has 1 aliphatic heterocycles.